The van der Waals surface area contributed by atoms with Gasteiger partial charge >= 0.3 is 5.69 Å². The Morgan fingerprint density at radius 3 is 2.67 bits per heavy atom. The number of nitrogens with one attached hydrogen (secondary N) is 1. The molecule has 2 heterocycles. The van der Waals surface area contributed by atoms with Crippen LogP contribution in [0.2, 0.25) is 5.15 Å². The van der Waals surface area contributed by atoms with Crippen LogP contribution < -0.4 is 11.2 Å². The van der Waals surface area contributed by atoms with Gasteiger partial charge in [-0.15, -0.1) is 0 Å². The molecule has 2 fully saturated rings. The summed E-state index contributed by atoms with van der Waals surface area (Å²) in [6.07, 6.45) is 5.98. The average Bonchev–Trinajstić information content (AvgIpc) is 3.07. The second kappa shape index (κ2) is 5.61. The molecule has 0 amide bonds. The number of nitrogens with zero attached hydrogens (tertiary/aromatic N) is 1. The quantitative estimate of drug-likeness (QED) is 0.872. The Hall–Kier alpha value is -1.07. The maximum absolute atomic E-state index is 12.7. The van der Waals surface area contributed by atoms with Crippen molar-refractivity contribution in [2.45, 2.75) is 63.5 Å². The highest BCUT2D eigenvalue weighted by molar-refractivity contribution is 6.30. The summed E-state index contributed by atoms with van der Waals surface area (Å²) in [5.74, 6) is 0.172. The van der Waals surface area contributed by atoms with Gasteiger partial charge in [0.15, 0.2) is 0 Å². The average molecular weight is 313 g/mol. The standard InChI is InChI=1S/C15H21ClN2O3/c1-15(7-4-8-21-15)9-18-13(19)11(10-5-2-3-6-10)12(16)17-14(18)20/h10H,2-9H2,1H3,(H,17,20). The molecule has 1 saturated heterocycles. The first-order valence-electron chi connectivity index (χ1n) is 7.67. The van der Waals surface area contributed by atoms with Gasteiger partial charge in [-0.05, 0) is 38.5 Å². The first kappa shape index (κ1) is 14.9. The highest BCUT2D eigenvalue weighted by Gasteiger charge is 2.33. The van der Waals surface area contributed by atoms with Crippen LogP contribution in [0, 0.1) is 0 Å². The summed E-state index contributed by atoms with van der Waals surface area (Å²) >= 11 is 6.14. The van der Waals surface area contributed by atoms with Crippen LogP contribution in [0.5, 0.6) is 0 Å². The van der Waals surface area contributed by atoms with Crippen molar-refractivity contribution in [3.63, 3.8) is 0 Å². The van der Waals surface area contributed by atoms with E-state index in [9.17, 15) is 9.59 Å². The zero-order valence-electron chi connectivity index (χ0n) is 12.3. The fourth-order valence-electron chi connectivity index (χ4n) is 3.57. The summed E-state index contributed by atoms with van der Waals surface area (Å²) in [6, 6.07) is 0. The smallest absolute Gasteiger partial charge is 0.329 e. The fourth-order valence-corrected chi connectivity index (χ4v) is 3.88. The van der Waals surface area contributed by atoms with E-state index in [2.05, 4.69) is 4.98 Å². The van der Waals surface area contributed by atoms with Crippen LogP contribution in [-0.4, -0.2) is 21.8 Å². The number of rotatable bonds is 3. The van der Waals surface area contributed by atoms with E-state index in [1.165, 1.54) is 4.57 Å². The summed E-state index contributed by atoms with van der Waals surface area (Å²) in [7, 11) is 0. The van der Waals surface area contributed by atoms with E-state index in [-0.39, 0.29) is 23.2 Å². The molecule has 21 heavy (non-hydrogen) atoms. The molecule has 1 saturated carbocycles. The lowest BCUT2D eigenvalue weighted by atomic mass is 9.99. The Morgan fingerprint density at radius 1 is 1.33 bits per heavy atom. The van der Waals surface area contributed by atoms with Crippen LogP contribution in [0.15, 0.2) is 9.59 Å². The molecule has 1 aromatic rings. The van der Waals surface area contributed by atoms with Crippen molar-refractivity contribution in [2.24, 2.45) is 0 Å². The molecule has 3 rings (SSSR count). The van der Waals surface area contributed by atoms with Gasteiger partial charge in [-0.25, -0.2) is 4.79 Å². The lowest BCUT2D eigenvalue weighted by molar-refractivity contribution is 0.00442. The minimum absolute atomic E-state index is 0.172. The Bertz CT molecular complexity index is 637. The first-order chi connectivity index (χ1) is 10.0. The van der Waals surface area contributed by atoms with Crippen molar-refractivity contribution in [2.75, 3.05) is 6.61 Å². The van der Waals surface area contributed by atoms with Gasteiger partial charge in [0, 0.05) is 6.61 Å². The molecule has 6 heteroatoms. The summed E-state index contributed by atoms with van der Waals surface area (Å²) < 4.78 is 6.97. The van der Waals surface area contributed by atoms with Gasteiger partial charge in [0.05, 0.1) is 17.7 Å². The predicted molar refractivity (Wildman–Crippen MR) is 81.1 cm³/mol. The third-order valence-corrected chi connectivity index (χ3v) is 5.03. The molecule has 1 N–H and O–H groups in total. The zero-order chi connectivity index (χ0) is 15.0. The third kappa shape index (κ3) is 2.81. The molecule has 0 bridgehead atoms. The van der Waals surface area contributed by atoms with Crippen LogP contribution in [-0.2, 0) is 11.3 Å². The summed E-state index contributed by atoms with van der Waals surface area (Å²) in [4.78, 5) is 27.5. The fraction of sp³-hybridized carbons (Fsp3) is 0.733. The van der Waals surface area contributed by atoms with Crippen LogP contribution in [0.25, 0.3) is 0 Å². The summed E-state index contributed by atoms with van der Waals surface area (Å²) in [5, 5.41) is 0.214. The second-order valence-electron chi connectivity index (χ2n) is 6.43. The highest BCUT2D eigenvalue weighted by Crippen LogP contribution is 2.34. The molecule has 0 aromatic carbocycles. The monoisotopic (exact) mass is 312 g/mol. The first-order valence-corrected chi connectivity index (χ1v) is 8.04. The molecule has 1 aliphatic heterocycles. The number of hydrogen-bond acceptors (Lipinski definition) is 3. The zero-order valence-corrected chi connectivity index (χ0v) is 13.0. The molecule has 1 unspecified atom stereocenters. The molecule has 1 atom stereocenters. The van der Waals surface area contributed by atoms with Crippen LogP contribution in [0.1, 0.15) is 56.9 Å². The van der Waals surface area contributed by atoms with Gasteiger partial charge in [0.1, 0.15) is 5.15 Å². The maximum Gasteiger partial charge on any atom is 0.329 e. The number of halogens is 1. The van der Waals surface area contributed by atoms with Gasteiger partial charge in [-0.2, -0.15) is 0 Å². The Kier molecular flexibility index (Phi) is 3.97. The lowest BCUT2D eigenvalue weighted by Gasteiger charge is -2.24. The minimum atomic E-state index is -0.441. The van der Waals surface area contributed by atoms with E-state index in [4.69, 9.17) is 16.3 Å². The highest BCUT2D eigenvalue weighted by atomic mass is 35.5. The molecular weight excluding hydrogens is 292 g/mol. The van der Waals surface area contributed by atoms with E-state index in [0.29, 0.717) is 12.2 Å². The van der Waals surface area contributed by atoms with Gasteiger partial charge in [0.2, 0.25) is 0 Å². The van der Waals surface area contributed by atoms with Crippen LogP contribution in [0.3, 0.4) is 0 Å². The second-order valence-corrected chi connectivity index (χ2v) is 6.81. The number of aromatic amines is 1. The van der Waals surface area contributed by atoms with E-state index in [0.717, 1.165) is 38.5 Å². The van der Waals surface area contributed by atoms with Crippen molar-refractivity contribution >= 4 is 11.6 Å². The minimum Gasteiger partial charge on any atom is -0.373 e. The molecule has 116 valence electrons. The molecule has 5 nitrogen and oxygen atoms in total. The lowest BCUT2D eigenvalue weighted by Crippen LogP contribution is -2.44. The van der Waals surface area contributed by atoms with Crippen molar-refractivity contribution in [1.82, 2.24) is 9.55 Å². The molecule has 1 aliphatic carbocycles. The van der Waals surface area contributed by atoms with Crippen molar-refractivity contribution in [3.8, 4) is 0 Å². The normalized spacial score (nSPS) is 26.6. The topological polar surface area (TPSA) is 64.1 Å². The Morgan fingerprint density at radius 2 is 2.05 bits per heavy atom. The van der Waals surface area contributed by atoms with Gasteiger partial charge in [0.25, 0.3) is 5.56 Å². The molecule has 0 radical (unpaired) electrons. The Labute approximate surface area is 128 Å². The van der Waals surface area contributed by atoms with Crippen LogP contribution in [0.4, 0.5) is 0 Å². The maximum atomic E-state index is 12.7. The van der Waals surface area contributed by atoms with Crippen molar-refractivity contribution in [1.29, 1.82) is 0 Å². The number of aromatic nitrogens is 2. The predicted octanol–water partition coefficient (Wildman–Crippen LogP) is 2.42. The van der Waals surface area contributed by atoms with Crippen LogP contribution >= 0.6 is 11.6 Å². The molecule has 2 aliphatic rings. The van der Waals surface area contributed by atoms with E-state index in [1.54, 1.807) is 0 Å². The summed E-state index contributed by atoms with van der Waals surface area (Å²) in [6.45, 7) is 2.93. The number of H-pyrrole nitrogens is 1. The molecule has 0 spiro atoms. The molecule has 1 aromatic heterocycles. The Balaban J connectivity index is 2.02. The van der Waals surface area contributed by atoms with Crippen molar-refractivity contribution in [3.05, 3.63) is 31.6 Å². The number of hydrogen-bond donors (Lipinski definition) is 1. The molecular formula is C15H21ClN2O3. The van der Waals surface area contributed by atoms with Gasteiger partial charge in [-0.1, -0.05) is 24.4 Å². The summed E-state index contributed by atoms with van der Waals surface area (Å²) in [5.41, 5.74) is -0.538. The largest absolute Gasteiger partial charge is 0.373 e. The third-order valence-electron chi connectivity index (χ3n) is 4.73. The van der Waals surface area contributed by atoms with E-state index in [1.807, 2.05) is 6.92 Å². The van der Waals surface area contributed by atoms with Gasteiger partial charge in [-0.3, -0.25) is 14.3 Å². The SMILES string of the molecule is CC1(Cn2c(=O)[nH]c(Cl)c(C3CCCC3)c2=O)CCCO1. The van der Waals surface area contributed by atoms with Gasteiger partial charge < -0.3 is 4.74 Å². The van der Waals surface area contributed by atoms with E-state index < -0.39 is 11.3 Å². The van der Waals surface area contributed by atoms with E-state index >= 15 is 0 Å². The number of ether oxygens (including phenoxy) is 1. The van der Waals surface area contributed by atoms with Crippen molar-refractivity contribution < 1.29 is 4.74 Å².